The zero-order chi connectivity index (χ0) is 11.6. The van der Waals surface area contributed by atoms with Gasteiger partial charge in [-0.2, -0.15) is 0 Å². The third kappa shape index (κ3) is 6.25. The molecule has 0 radical (unpaired) electrons. The van der Waals surface area contributed by atoms with Gasteiger partial charge in [-0.1, -0.05) is 12.8 Å². The Morgan fingerprint density at radius 2 is 2.12 bits per heavy atom. The van der Waals surface area contributed by atoms with Crippen molar-refractivity contribution in [2.75, 3.05) is 12.4 Å². The average Bonchev–Trinajstić information content (AvgIpc) is 1.98. The van der Waals surface area contributed by atoms with E-state index < -0.39 is 19.3 Å². The first-order valence-electron chi connectivity index (χ1n) is 5.34. The van der Waals surface area contributed by atoms with Gasteiger partial charge in [-0.3, -0.25) is 0 Å². The molecule has 8 heavy (non-hydrogen) atoms. The molecule has 0 fully saturated rings. The van der Waals surface area contributed by atoms with Crippen molar-refractivity contribution in [1.82, 2.24) is 0 Å². The Morgan fingerprint density at radius 3 is 2.62 bits per heavy atom. The van der Waals surface area contributed by atoms with Gasteiger partial charge in [-0.05, 0) is 12.8 Å². The molecule has 0 aliphatic heterocycles. The van der Waals surface area contributed by atoms with Crippen molar-refractivity contribution < 1.29 is 13.3 Å². The molecule has 0 saturated heterocycles. The van der Waals surface area contributed by atoms with Crippen LogP contribution < -0.4 is 0 Å². The van der Waals surface area contributed by atoms with E-state index in [0.717, 1.165) is 0 Å². The summed E-state index contributed by atoms with van der Waals surface area (Å²) >= 11 is 5.33. The Balaban J connectivity index is 4.69. The molecule has 0 aromatic rings. The topological polar surface area (TPSA) is 20.2 Å². The summed E-state index contributed by atoms with van der Waals surface area (Å²) in [5, 5.41) is 8.87. The van der Waals surface area contributed by atoms with E-state index in [-0.39, 0.29) is 18.7 Å². The van der Waals surface area contributed by atoms with E-state index >= 15 is 0 Å². The molecule has 0 atom stereocenters. The highest BCUT2D eigenvalue weighted by atomic mass is 35.5. The first-order valence-corrected chi connectivity index (χ1v) is 2.88. The largest absolute Gasteiger partial charge is 0.396 e. The summed E-state index contributed by atoms with van der Waals surface area (Å²) in [6, 6.07) is 0. The fourth-order valence-corrected chi connectivity index (χ4v) is 0.391. The van der Waals surface area contributed by atoms with Gasteiger partial charge < -0.3 is 5.11 Å². The van der Waals surface area contributed by atoms with Gasteiger partial charge >= 0.3 is 0 Å². The standard InChI is InChI=1S/C6H13ClO/c7-5-3-1-2-4-6-8/h8H,1-6H2/i2D2,4D2,6D2. The number of hydrogen-bond acceptors (Lipinski definition) is 1. The van der Waals surface area contributed by atoms with Gasteiger partial charge in [-0.15, -0.1) is 11.6 Å². The first-order chi connectivity index (χ1) is 6.06. The highest BCUT2D eigenvalue weighted by molar-refractivity contribution is 6.17. The van der Waals surface area contributed by atoms with Crippen LogP contribution in [0.25, 0.3) is 0 Å². The lowest BCUT2D eigenvalue weighted by atomic mass is 10.2. The number of rotatable bonds is 5. The average molecular weight is 143 g/mol. The van der Waals surface area contributed by atoms with Crippen molar-refractivity contribution in [2.45, 2.75) is 25.6 Å². The molecule has 0 rings (SSSR count). The lowest BCUT2D eigenvalue weighted by Gasteiger charge is -1.92. The van der Waals surface area contributed by atoms with Gasteiger partial charge in [0.05, 0.1) is 2.74 Å². The van der Waals surface area contributed by atoms with Crippen molar-refractivity contribution in [2.24, 2.45) is 0 Å². The maximum atomic E-state index is 8.87. The molecular weight excluding hydrogens is 124 g/mol. The first kappa shape index (κ1) is 2.47. The number of alkyl halides is 1. The fraction of sp³-hybridized carbons (Fsp3) is 1.00. The minimum atomic E-state index is -3.21. The molecule has 0 heterocycles. The van der Waals surface area contributed by atoms with Gasteiger partial charge in [0.25, 0.3) is 0 Å². The SMILES string of the molecule is [2H]C([2H])(O)C([2H])([2H])C([2H])([2H])CCCCl. The second kappa shape index (κ2) is 7.25. The molecular formula is C6H13ClO. The van der Waals surface area contributed by atoms with E-state index in [0.29, 0.717) is 0 Å². The van der Waals surface area contributed by atoms with Crippen molar-refractivity contribution in [3.05, 3.63) is 0 Å². The summed E-state index contributed by atoms with van der Waals surface area (Å²) < 4.78 is 42.6. The predicted molar refractivity (Wildman–Crippen MR) is 36.3 cm³/mol. The third-order valence-electron chi connectivity index (χ3n) is 0.580. The Hall–Kier alpha value is 0.250. The second-order valence-corrected chi connectivity index (χ2v) is 1.58. The summed E-state index contributed by atoms with van der Waals surface area (Å²) in [5.74, 6) is 0.171. The molecule has 0 spiro atoms. The zero-order valence-electron chi connectivity index (χ0n) is 10.4. The monoisotopic (exact) mass is 142 g/mol. The van der Waals surface area contributed by atoms with E-state index in [9.17, 15) is 0 Å². The van der Waals surface area contributed by atoms with Gasteiger partial charge in [0.1, 0.15) is 0 Å². The molecule has 0 bridgehead atoms. The van der Waals surface area contributed by atoms with Crippen LogP contribution in [0.3, 0.4) is 0 Å². The highest BCUT2D eigenvalue weighted by Crippen LogP contribution is 1.99. The number of halogens is 1. The summed E-state index contributed by atoms with van der Waals surface area (Å²) in [7, 11) is 0. The van der Waals surface area contributed by atoms with Crippen LogP contribution in [-0.4, -0.2) is 17.5 Å². The van der Waals surface area contributed by atoms with Crippen molar-refractivity contribution >= 4 is 11.6 Å². The van der Waals surface area contributed by atoms with Gasteiger partial charge in [0.15, 0.2) is 0 Å². The van der Waals surface area contributed by atoms with Gasteiger partial charge in [-0.25, -0.2) is 0 Å². The molecule has 0 aromatic heterocycles. The maximum absolute atomic E-state index is 8.87. The molecule has 50 valence electrons. The van der Waals surface area contributed by atoms with Crippen LogP contribution in [0.5, 0.6) is 0 Å². The van der Waals surface area contributed by atoms with Crippen LogP contribution in [-0.2, 0) is 0 Å². The van der Waals surface area contributed by atoms with Crippen molar-refractivity contribution in [3.8, 4) is 0 Å². The van der Waals surface area contributed by atoms with Crippen LogP contribution in [0.1, 0.15) is 33.8 Å². The molecule has 1 N–H and O–H groups in total. The lowest BCUT2D eigenvalue weighted by Crippen LogP contribution is -1.82. The summed E-state index contributed by atoms with van der Waals surface area (Å²) in [4.78, 5) is 0. The fourth-order valence-electron chi connectivity index (χ4n) is 0.257. The van der Waals surface area contributed by atoms with Crippen molar-refractivity contribution in [3.63, 3.8) is 0 Å². The molecule has 1 nitrogen and oxygen atoms in total. The Labute approximate surface area is 64.1 Å². The van der Waals surface area contributed by atoms with E-state index in [4.69, 9.17) is 24.9 Å². The van der Waals surface area contributed by atoms with Crippen LogP contribution in [0.4, 0.5) is 0 Å². The van der Waals surface area contributed by atoms with Gasteiger partial charge in [0.2, 0.25) is 0 Å². The summed E-state index contributed by atoms with van der Waals surface area (Å²) in [6.45, 7) is -3.21. The van der Waals surface area contributed by atoms with Crippen LogP contribution in [0, 0.1) is 0 Å². The van der Waals surface area contributed by atoms with Crippen molar-refractivity contribution in [1.29, 1.82) is 0 Å². The molecule has 0 aliphatic carbocycles. The second-order valence-electron chi connectivity index (χ2n) is 1.21. The number of aliphatic hydroxyl groups is 1. The Bertz CT molecular complexity index is 189. The summed E-state index contributed by atoms with van der Waals surface area (Å²) in [6.07, 6.45) is -5.40. The van der Waals surface area contributed by atoms with Crippen LogP contribution in [0.15, 0.2) is 0 Å². The smallest absolute Gasteiger partial charge is 0.0564 e. The quantitative estimate of drug-likeness (QED) is 0.581. The summed E-state index contributed by atoms with van der Waals surface area (Å²) in [5.41, 5.74) is 0. The molecule has 0 aliphatic rings. The minimum absolute atomic E-state index is 0.171. The van der Waals surface area contributed by atoms with Crippen LogP contribution in [0.2, 0.25) is 0 Å². The van der Waals surface area contributed by atoms with E-state index in [1.807, 2.05) is 0 Å². The number of hydrogen-bond donors (Lipinski definition) is 1. The molecule has 2 heteroatoms. The molecule has 0 unspecified atom stereocenters. The van der Waals surface area contributed by atoms with E-state index in [2.05, 4.69) is 0 Å². The Kier molecular flexibility index (Phi) is 2.24. The third-order valence-corrected chi connectivity index (χ3v) is 0.847. The molecule has 0 aromatic carbocycles. The maximum Gasteiger partial charge on any atom is 0.0564 e. The van der Waals surface area contributed by atoms with E-state index in [1.165, 1.54) is 0 Å². The van der Waals surface area contributed by atoms with E-state index in [1.54, 1.807) is 0 Å². The van der Waals surface area contributed by atoms with Crippen LogP contribution >= 0.6 is 11.6 Å². The lowest BCUT2D eigenvalue weighted by molar-refractivity contribution is 0.283. The highest BCUT2D eigenvalue weighted by Gasteiger charge is 1.84. The minimum Gasteiger partial charge on any atom is -0.396 e. The normalized spacial score (nSPS) is 26.2. The van der Waals surface area contributed by atoms with Gasteiger partial charge in [0, 0.05) is 17.9 Å². The molecule has 0 amide bonds. The predicted octanol–water partition coefficient (Wildman–Crippen LogP) is 1.78. The Morgan fingerprint density at radius 1 is 1.38 bits per heavy atom. The zero-order valence-corrected chi connectivity index (χ0v) is 5.20. The molecule has 0 saturated carbocycles.